The molecule has 0 saturated carbocycles. The summed E-state index contributed by atoms with van der Waals surface area (Å²) in [6.45, 7) is 5.00. The van der Waals surface area contributed by atoms with Gasteiger partial charge in [-0.25, -0.2) is 5.21 Å². The summed E-state index contributed by atoms with van der Waals surface area (Å²) < 4.78 is 0. The number of nitrogens with two attached hydrogens (primary N) is 1. The third-order valence-corrected chi connectivity index (χ3v) is 3.44. The number of hydrogen-bond donors (Lipinski definition) is 4. The third kappa shape index (κ3) is 3.13. The fraction of sp³-hybridized carbons (Fsp3) is 0.385. The normalized spacial score (nSPS) is 15.5. The number of primary amides is 1. The van der Waals surface area contributed by atoms with Gasteiger partial charge in [-0.15, -0.1) is 0 Å². The summed E-state index contributed by atoms with van der Waals surface area (Å²) in [7, 11) is 0. The number of hydrogen-bond acceptors (Lipinski definition) is 4. The first-order valence-corrected chi connectivity index (χ1v) is 6.15. The molecule has 2 amide bonds. The van der Waals surface area contributed by atoms with Gasteiger partial charge in [0, 0.05) is 6.07 Å². The van der Waals surface area contributed by atoms with Crippen LogP contribution in [0.5, 0.6) is 0 Å². The first kappa shape index (κ1) is 16.1. The second kappa shape index (κ2) is 6.00. The summed E-state index contributed by atoms with van der Waals surface area (Å²) in [6, 6.07) is 5.79. The highest BCUT2D eigenvalue weighted by Gasteiger charge is 2.37. The minimum Gasteiger partial charge on any atom is -0.595 e. The van der Waals surface area contributed by atoms with Gasteiger partial charge in [0.1, 0.15) is 11.1 Å². The minimum absolute atomic E-state index is 0.00637. The zero-order valence-corrected chi connectivity index (χ0v) is 11.6. The Labute approximate surface area is 116 Å². The van der Waals surface area contributed by atoms with Gasteiger partial charge in [-0.2, -0.15) is 5.23 Å². The number of amides is 2. The highest BCUT2D eigenvalue weighted by molar-refractivity contribution is 6.01. The molecule has 5 N–H and O–H groups in total. The molecule has 0 aliphatic heterocycles. The Balaban J connectivity index is 3.11. The molecular weight excluding hydrogens is 262 g/mol. The highest BCUT2D eigenvalue weighted by atomic mass is 16.8. The standard InChI is InChI=1S/C13H19N3O4/c1-8(2)13(3,12(14)18)15-11(17)9-6-4-5-7-10(9)16(19)20/h4-8,16,19H,1-3H3,(H2,14,18)(H,15,17)/t13-/m1/s1. The van der Waals surface area contributed by atoms with Crippen molar-refractivity contribution < 1.29 is 20.0 Å². The summed E-state index contributed by atoms with van der Waals surface area (Å²) in [6.07, 6.45) is 0. The van der Waals surface area contributed by atoms with Crippen LogP contribution in [0, 0.1) is 11.1 Å². The van der Waals surface area contributed by atoms with E-state index < -0.39 is 22.6 Å². The van der Waals surface area contributed by atoms with Crippen molar-refractivity contribution in [2.75, 3.05) is 0 Å². The SMILES string of the molecule is CC(C)[C@@](C)(NC(=O)c1ccccc1[NH+]([O-])O)C(N)=O. The van der Waals surface area contributed by atoms with E-state index in [4.69, 9.17) is 10.9 Å². The van der Waals surface area contributed by atoms with Crippen molar-refractivity contribution >= 4 is 17.5 Å². The van der Waals surface area contributed by atoms with Gasteiger partial charge in [-0.05, 0) is 18.9 Å². The average molecular weight is 281 g/mol. The number of para-hydroxylation sites is 1. The van der Waals surface area contributed by atoms with E-state index >= 15 is 0 Å². The summed E-state index contributed by atoms with van der Waals surface area (Å²) >= 11 is 0. The second-order valence-corrected chi connectivity index (χ2v) is 5.03. The first-order chi connectivity index (χ1) is 9.20. The van der Waals surface area contributed by atoms with Crippen molar-refractivity contribution in [1.82, 2.24) is 5.32 Å². The maximum atomic E-state index is 12.2. The summed E-state index contributed by atoms with van der Waals surface area (Å²) in [5, 5.41) is 21.5. The van der Waals surface area contributed by atoms with Crippen LogP contribution in [0.3, 0.4) is 0 Å². The quantitative estimate of drug-likeness (QED) is 0.555. The van der Waals surface area contributed by atoms with E-state index in [1.54, 1.807) is 19.9 Å². The lowest BCUT2D eigenvalue weighted by atomic mass is 9.87. The molecule has 0 spiro atoms. The fourth-order valence-electron chi connectivity index (χ4n) is 1.66. The molecule has 7 heteroatoms. The number of carbonyl (C=O) groups excluding carboxylic acids is 2. The predicted molar refractivity (Wildman–Crippen MR) is 72.1 cm³/mol. The number of nitrogens with one attached hydrogen (secondary N) is 2. The van der Waals surface area contributed by atoms with Crippen LogP contribution in [0.15, 0.2) is 24.3 Å². The maximum absolute atomic E-state index is 12.2. The lowest BCUT2D eigenvalue weighted by Crippen LogP contribution is -2.99. The molecule has 0 radical (unpaired) electrons. The summed E-state index contributed by atoms with van der Waals surface area (Å²) in [5.74, 6) is -1.55. The molecule has 1 aromatic rings. The molecule has 110 valence electrons. The van der Waals surface area contributed by atoms with E-state index in [1.807, 2.05) is 0 Å². The van der Waals surface area contributed by atoms with Gasteiger partial charge in [0.25, 0.3) is 5.91 Å². The van der Waals surface area contributed by atoms with Crippen LogP contribution in [0.4, 0.5) is 5.69 Å². The molecule has 20 heavy (non-hydrogen) atoms. The van der Waals surface area contributed by atoms with Crippen molar-refractivity contribution in [3.05, 3.63) is 35.0 Å². The molecule has 1 unspecified atom stereocenters. The van der Waals surface area contributed by atoms with Gasteiger partial charge in [-0.3, -0.25) is 9.59 Å². The Kier molecular flexibility index (Phi) is 4.83. The maximum Gasteiger partial charge on any atom is 0.258 e. The van der Waals surface area contributed by atoms with Crippen LogP contribution in [0.1, 0.15) is 31.1 Å². The largest absolute Gasteiger partial charge is 0.595 e. The second-order valence-electron chi connectivity index (χ2n) is 5.03. The van der Waals surface area contributed by atoms with Gasteiger partial charge in [-0.1, -0.05) is 26.0 Å². The fourth-order valence-corrected chi connectivity index (χ4v) is 1.66. The van der Waals surface area contributed by atoms with Gasteiger partial charge in [0.15, 0.2) is 5.69 Å². The first-order valence-electron chi connectivity index (χ1n) is 6.15. The molecule has 1 aromatic carbocycles. The van der Waals surface area contributed by atoms with E-state index in [1.165, 1.54) is 25.1 Å². The number of benzene rings is 1. The zero-order valence-electron chi connectivity index (χ0n) is 11.6. The van der Waals surface area contributed by atoms with Crippen LogP contribution in [0.2, 0.25) is 0 Å². The Morgan fingerprint density at radius 3 is 2.40 bits per heavy atom. The molecule has 1 rings (SSSR count). The Bertz CT molecular complexity index is 516. The minimum atomic E-state index is -1.25. The predicted octanol–water partition coefficient (Wildman–Crippen LogP) is -0.280. The van der Waals surface area contributed by atoms with E-state index in [2.05, 4.69) is 5.32 Å². The van der Waals surface area contributed by atoms with Gasteiger partial charge >= 0.3 is 0 Å². The number of carbonyl (C=O) groups is 2. The van der Waals surface area contributed by atoms with E-state index in [0.29, 0.717) is 0 Å². The van der Waals surface area contributed by atoms with Crippen LogP contribution >= 0.6 is 0 Å². The molecule has 0 saturated heterocycles. The molecule has 0 fully saturated rings. The van der Waals surface area contributed by atoms with Crippen molar-refractivity contribution in [2.24, 2.45) is 11.7 Å². The lowest BCUT2D eigenvalue weighted by molar-refractivity contribution is -0.991. The third-order valence-electron chi connectivity index (χ3n) is 3.44. The molecule has 7 nitrogen and oxygen atoms in total. The monoisotopic (exact) mass is 281 g/mol. The van der Waals surface area contributed by atoms with Crippen LogP contribution in [0.25, 0.3) is 0 Å². The highest BCUT2D eigenvalue weighted by Crippen LogP contribution is 2.18. The average Bonchev–Trinajstić information content (AvgIpc) is 2.37. The van der Waals surface area contributed by atoms with Crippen molar-refractivity contribution in [3.8, 4) is 0 Å². The molecule has 0 aromatic heterocycles. The summed E-state index contributed by atoms with van der Waals surface area (Å²) in [4.78, 5) is 23.8. The van der Waals surface area contributed by atoms with E-state index in [9.17, 15) is 14.8 Å². The number of rotatable bonds is 5. The van der Waals surface area contributed by atoms with Crippen molar-refractivity contribution in [1.29, 1.82) is 0 Å². The number of quaternary nitrogens is 1. The van der Waals surface area contributed by atoms with Gasteiger partial charge in [0.05, 0.1) is 0 Å². The Hall–Kier alpha value is -1.96. The topological polar surface area (TPSA) is 120 Å². The van der Waals surface area contributed by atoms with Crippen molar-refractivity contribution in [3.63, 3.8) is 0 Å². The molecule has 2 atom stereocenters. The molecule has 0 bridgehead atoms. The zero-order chi connectivity index (χ0) is 15.5. The van der Waals surface area contributed by atoms with E-state index in [-0.39, 0.29) is 17.2 Å². The Morgan fingerprint density at radius 2 is 1.95 bits per heavy atom. The lowest BCUT2D eigenvalue weighted by Gasteiger charge is -2.31. The molecular formula is C13H19N3O4. The van der Waals surface area contributed by atoms with Crippen molar-refractivity contribution in [2.45, 2.75) is 26.3 Å². The van der Waals surface area contributed by atoms with E-state index in [0.717, 1.165) is 0 Å². The molecule has 0 aliphatic rings. The van der Waals surface area contributed by atoms with Crippen LogP contribution in [-0.2, 0) is 4.79 Å². The van der Waals surface area contributed by atoms with Gasteiger partial charge < -0.3 is 16.3 Å². The summed E-state index contributed by atoms with van der Waals surface area (Å²) in [5.41, 5.74) is 3.95. The Morgan fingerprint density at radius 1 is 1.40 bits per heavy atom. The smallest absolute Gasteiger partial charge is 0.258 e. The van der Waals surface area contributed by atoms with Gasteiger partial charge in [0.2, 0.25) is 5.91 Å². The van der Waals surface area contributed by atoms with Crippen LogP contribution < -0.4 is 16.3 Å². The van der Waals surface area contributed by atoms with Crippen LogP contribution in [-0.4, -0.2) is 22.6 Å². The molecule has 0 heterocycles. The molecule has 0 aliphatic carbocycles.